The maximum Gasteiger partial charge on any atom is 0.344 e. The van der Waals surface area contributed by atoms with Crippen LogP contribution in [0, 0.1) is 30.6 Å². The summed E-state index contributed by atoms with van der Waals surface area (Å²) in [5.41, 5.74) is 5.27. The minimum Gasteiger partial charge on any atom is -0.479 e. The first-order chi connectivity index (χ1) is 20.2. The molecule has 0 saturated heterocycles. The number of thioether (sulfide) groups is 1. The summed E-state index contributed by atoms with van der Waals surface area (Å²) < 4.78 is 5.68. The van der Waals surface area contributed by atoms with E-state index in [-0.39, 0.29) is 11.8 Å². The zero-order valence-corrected chi connectivity index (χ0v) is 24.7. The third kappa shape index (κ3) is 9.33. The molecule has 214 valence electrons. The number of rotatable bonds is 9. The fourth-order valence-electron chi connectivity index (χ4n) is 3.78. The lowest BCUT2D eigenvalue weighted by Gasteiger charge is -2.15. The van der Waals surface area contributed by atoms with Crippen molar-refractivity contribution in [3.8, 4) is 29.4 Å². The molecule has 0 fully saturated rings. The SMILES string of the molecule is CCC(Oc1ccc(SCC=C(c2ccc(C#CC(=O)NC)cc2)c2ccc(C#CC(=O)NC)cc2)cc1C)C(=O)O. The topological polar surface area (TPSA) is 105 Å². The summed E-state index contributed by atoms with van der Waals surface area (Å²) in [4.78, 5) is 35.3. The molecular weight excluding hydrogens is 548 g/mol. The molecule has 3 N–H and O–H groups in total. The van der Waals surface area contributed by atoms with E-state index in [1.165, 1.54) is 14.1 Å². The lowest BCUT2D eigenvalue weighted by atomic mass is 9.96. The highest BCUT2D eigenvalue weighted by atomic mass is 32.2. The number of hydrogen-bond donors (Lipinski definition) is 3. The third-order valence-corrected chi connectivity index (χ3v) is 7.01. The Morgan fingerprint density at radius 1 is 0.881 bits per heavy atom. The Kier molecular flexibility index (Phi) is 11.9. The summed E-state index contributed by atoms with van der Waals surface area (Å²) in [5, 5.41) is 14.3. The van der Waals surface area contributed by atoms with Crippen molar-refractivity contribution in [2.75, 3.05) is 19.8 Å². The lowest BCUT2D eigenvalue weighted by Crippen LogP contribution is -2.26. The molecule has 7 nitrogen and oxygen atoms in total. The molecule has 3 aromatic rings. The molecule has 2 amide bonds. The summed E-state index contributed by atoms with van der Waals surface area (Å²) in [7, 11) is 3.07. The van der Waals surface area contributed by atoms with Crippen LogP contribution >= 0.6 is 11.8 Å². The largest absolute Gasteiger partial charge is 0.479 e. The number of benzene rings is 3. The highest BCUT2D eigenvalue weighted by Gasteiger charge is 2.17. The second-order valence-electron chi connectivity index (χ2n) is 9.02. The number of carboxylic acid groups (broad SMARTS) is 1. The summed E-state index contributed by atoms with van der Waals surface area (Å²) in [5.74, 6) is 10.3. The number of aliphatic carboxylic acids is 1. The van der Waals surface area contributed by atoms with Gasteiger partial charge < -0.3 is 20.5 Å². The average Bonchev–Trinajstić information content (AvgIpc) is 3.00. The van der Waals surface area contributed by atoms with Gasteiger partial charge in [-0.05, 0) is 78.1 Å². The zero-order valence-electron chi connectivity index (χ0n) is 23.9. The lowest BCUT2D eigenvalue weighted by molar-refractivity contribution is -0.145. The van der Waals surface area contributed by atoms with Gasteiger partial charge in [0.1, 0.15) is 5.75 Å². The van der Waals surface area contributed by atoms with Crippen LogP contribution in [-0.2, 0) is 14.4 Å². The van der Waals surface area contributed by atoms with Gasteiger partial charge in [-0.15, -0.1) is 11.8 Å². The van der Waals surface area contributed by atoms with E-state index in [2.05, 4.69) is 40.4 Å². The molecule has 0 aliphatic rings. The Bertz CT molecular complexity index is 1510. The smallest absolute Gasteiger partial charge is 0.344 e. The Hall–Kier alpha value is -4.92. The molecule has 0 radical (unpaired) electrons. The summed E-state index contributed by atoms with van der Waals surface area (Å²) in [6.45, 7) is 3.68. The van der Waals surface area contributed by atoms with Gasteiger partial charge in [0.05, 0.1) is 0 Å². The molecule has 8 heteroatoms. The number of amides is 2. The molecule has 0 aliphatic carbocycles. The van der Waals surface area contributed by atoms with Crippen molar-refractivity contribution in [2.24, 2.45) is 0 Å². The van der Waals surface area contributed by atoms with Crippen molar-refractivity contribution >= 4 is 35.1 Å². The number of aryl methyl sites for hydroxylation is 1. The van der Waals surface area contributed by atoms with Crippen molar-refractivity contribution in [2.45, 2.75) is 31.3 Å². The standard InChI is InChI=1S/C34H32N2O5S/c1-5-30(34(39)40)41-31-17-16-28(22-23(31)2)42-21-20-29(26-12-6-24(7-13-26)10-18-32(37)35-3)27-14-8-25(9-15-27)11-19-33(38)36-4/h6-9,12-17,20,22,30H,5,21H2,1-4H3,(H,35,37)(H,36,38)(H,39,40). The van der Waals surface area contributed by atoms with E-state index in [1.807, 2.05) is 73.7 Å². The van der Waals surface area contributed by atoms with Crippen molar-refractivity contribution < 1.29 is 24.2 Å². The first-order valence-corrected chi connectivity index (χ1v) is 14.2. The van der Waals surface area contributed by atoms with Gasteiger partial charge in [0.15, 0.2) is 6.10 Å². The molecule has 1 unspecified atom stereocenters. The molecule has 0 saturated carbocycles. The predicted octanol–water partition coefficient (Wildman–Crippen LogP) is 4.66. The van der Waals surface area contributed by atoms with Gasteiger partial charge in [-0.2, -0.15) is 0 Å². The Morgan fingerprint density at radius 2 is 1.40 bits per heavy atom. The molecular formula is C34H32N2O5S. The van der Waals surface area contributed by atoms with Crippen molar-refractivity contribution in [3.63, 3.8) is 0 Å². The first-order valence-electron chi connectivity index (χ1n) is 13.3. The van der Waals surface area contributed by atoms with Gasteiger partial charge >= 0.3 is 5.97 Å². The minimum absolute atomic E-state index is 0.349. The quantitative estimate of drug-likeness (QED) is 0.251. The highest BCUT2D eigenvalue weighted by Crippen LogP contribution is 2.29. The van der Waals surface area contributed by atoms with E-state index in [4.69, 9.17) is 4.74 Å². The molecule has 0 heterocycles. The molecule has 3 rings (SSSR count). The fraction of sp³-hybridized carbons (Fsp3) is 0.206. The number of carboxylic acids is 1. The van der Waals surface area contributed by atoms with Crippen molar-refractivity contribution in [3.05, 3.63) is 101 Å². The van der Waals surface area contributed by atoms with E-state index >= 15 is 0 Å². The maximum absolute atomic E-state index is 11.5. The molecule has 0 spiro atoms. The van der Waals surface area contributed by atoms with E-state index in [0.717, 1.165) is 38.3 Å². The van der Waals surface area contributed by atoms with Crippen molar-refractivity contribution in [1.29, 1.82) is 0 Å². The predicted molar refractivity (Wildman–Crippen MR) is 166 cm³/mol. The van der Waals surface area contributed by atoms with Crippen LogP contribution in [0.1, 0.15) is 41.2 Å². The van der Waals surface area contributed by atoms with Gasteiger partial charge in [-0.1, -0.05) is 49.1 Å². The van der Waals surface area contributed by atoms with Gasteiger partial charge in [-0.25, -0.2) is 4.79 Å². The normalized spacial score (nSPS) is 10.6. The Labute approximate surface area is 250 Å². The average molecular weight is 581 g/mol. The minimum atomic E-state index is -0.980. The van der Waals surface area contributed by atoms with E-state index in [1.54, 1.807) is 18.7 Å². The molecule has 1 atom stereocenters. The van der Waals surface area contributed by atoms with E-state index in [9.17, 15) is 19.5 Å². The Balaban J connectivity index is 1.86. The van der Waals surface area contributed by atoms with E-state index < -0.39 is 12.1 Å². The Morgan fingerprint density at radius 3 is 1.83 bits per heavy atom. The summed E-state index contributed by atoms with van der Waals surface area (Å²) in [6.07, 6.45) is 1.63. The number of nitrogens with one attached hydrogen (secondary N) is 2. The summed E-state index contributed by atoms with van der Waals surface area (Å²) in [6, 6.07) is 21.1. The van der Waals surface area contributed by atoms with Gasteiger partial charge in [0, 0.05) is 47.7 Å². The number of ether oxygens (including phenoxy) is 1. The monoisotopic (exact) mass is 580 g/mol. The molecule has 3 aromatic carbocycles. The second kappa shape index (κ2) is 15.8. The molecule has 0 aromatic heterocycles. The maximum atomic E-state index is 11.5. The molecule has 0 aliphatic heterocycles. The number of carbonyl (C=O) groups is 3. The van der Waals surface area contributed by atoms with Crippen LogP contribution < -0.4 is 15.4 Å². The van der Waals surface area contributed by atoms with Gasteiger partial charge in [0.25, 0.3) is 11.8 Å². The summed E-state index contributed by atoms with van der Waals surface area (Å²) >= 11 is 1.64. The van der Waals surface area contributed by atoms with Crippen LogP contribution in [0.2, 0.25) is 0 Å². The van der Waals surface area contributed by atoms with Crippen LogP contribution in [0.15, 0.2) is 77.7 Å². The zero-order chi connectivity index (χ0) is 30.5. The highest BCUT2D eigenvalue weighted by molar-refractivity contribution is 7.99. The second-order valence-corrected chi connectivity index (χ2v) is 10.1. The van der Waals surface area contributed by atoms with Crippen LogP contribution in [0.4, 0.5) is 0 Å². The molecule has 42 heavy (non-hydrogen) atoms. The third-order valence-electron chi connectivity index (χ3n) is 6.09. The van der Waals surface area contributed by atoms with Gasteiger partial charge in [-0.3, -0.25) is 9.59 Å². The van der Waals surface area contributed by atoms with Crippen LogP contribution in [-0.4, -0.2) is 48.8 Å². The number of hydrogen-bond acceptors (Lipinski definition) is 5. The van der Waals surface area contributed by atoms with E-state index in [0.29, 0.717) is 17.9 Å². The number of carbonyl (C=O) groups excluding carboxylic acids is 2. The van der Waals surface area contributed by atoms with Crippen LogP contribution in [0.3, 0.4) is 0 Å². The van der Waals surface area contributed by atoms with Gasteiger partial charge in [0.2, 0.25) is 0 Å². The van der Waals surface area contributed by atoms with Crippen LogP contribution in [0.25, 0.3) is 5.57 Å². The fourth-order valence-corrected chi connectivity index (χ4v) is 4.65. The first kappa shape index (κ1) is 31.6. The van der Waals surface area contributed by atoms with Crippen LogP contribution in [0.5, 0.6) is 5.75 Å². The molecule has 0 bridgehead atoms. The van der Waals surface area contributed by atoms with Crippen molar-refractivity contribution in [1.82, 2.24) is 10.6 Å².